The first-order valence-corrected chi connectivity index (χ1v) is 10.2. The number of ether oxygens (including phenoxy) is 1. The number of pyridine rings is 1. The van der Waals surface area contributed by atoms with E-state index in [1.54, 1.807) is 23.7 Å². The van der Waals surface area contributed by atoms with Crippen LogP contribution < -0.4 is 9.62 Å². The summed E-state index contributed by atoms with van der Waals surface area (Å²) in [6.45, 7) is 5.94. The molecule has 24 heavy (non-hydrogen) atoms. The molecule has 3 heterocycles. The number of rotatable bonds is 5. The first kappa shape index (κ1) is 17.3. The highest BCUT2D eigenvalue weighted by atomic mass is 32.2. The summed E-state index contributed by atoms with van der Waals surface area (Å²) in [6.07, 6.45) is 2.07. The first-order chi connectivity index (χ1) is 11.4. The predicted octanol–water partition coefficient (Wildman–Crippen LogP) is 2.24. The van der Waals surface area contributed by atoms with Gasteiger partial charge in [0.15, 0.2) is 0 Å². The van der Waals surface area contributed by atoms with E-state index >= 15 is 0 Å². The number of hydrogen-bond acceptors (Lipinski definition) is 6. The Hall–Kier alpha value is -1.48. The van der Waals surface area contributed by atoms with Crippen molar-refractivity contribution in [1.29, 1.82) is 0 Å². The Labute approximate surface area is 146 Å². The van der Waals surface area contributed by atoms with Crippen molar-refractivity contribution in [2.75, 3.05) is 18.0 Å². The van der Waals surface area contributed by atoms with Crippen LogP contribution in [0.5, 0.6) is 0 Å². The van der Waals surface area contributed by atoms with Crippen molar-refractivity contribution in [2.45, 2.75) is 36.8 Å². The first-order valence-electron chi connectivity index (χ1n) is 7.82. The third-order valence-corrected chi connectivity index (χ3v) is 6.58. The minimum Gasteiger partial charge on any atom is -0.372 e. The molecule has 130 valence electrons. The van der Waals surface area contributed by atoms with Crippen molar-refractivity contribution in [3.8, 4) is 0 Å². The van der Waals surface area contributed by atoms with Crippen LogP contribution in [0.1, 0.15) is 19.4 Å². The van der Waals surface area contributed by atoms with Gasteiger partial charge in [0.05, 0.1) is 12.2 Å². The van der Waals surface area contributed by atoms with E-state index < -0.39 is 10.0 Å². The molecule has 8 heteroatoms. The Morgan fingerprint density at radius 1 is 1.29 bits per heavy atom. The molecular formula is C16H21N3O3S2. The van der Waals surface area contributed by atoms with Gasteiger partial charge in [0.1, 0.15) is 10.0 Å². The second-order valence-corrected chi connectivity index (χ2v) is 8.89. The van der Waals surface area contributed by atoms with Gasteiger partial charge in [0.2, 0.25) is 10.0 Å². The van der Waals surface area contributed by atoms with Crippen LogP contribution in [0.3, 0.4) is 0 Å². The number of nitrogens with one attached hydrogen (secondary N) is 1. The lowest BCUT2D eigenvalue weighted by Crippen LogP contribution is -2.45. The van der Waals surface area contributed by atoms with Crippen LogP contribution in [0, 0.1) is 0 Å². The molecule has 2 aromatic rings. The number of morpholine rings is 1. The van der Waals surface area contributed by atoms with E-state index in [1.807, 2.05) is 12.1 Å². The maximum absolute atomic E-state index is 12.1. The summed E-state index contributed by atoms with van der Waals surface area (Å²) in [5.41, 5.74) is 0.827. The zero-order chi connectivity index (χ0) is 17.2. The van der Waals surface area contributed by atoms with E-state index in [1.165, 1.54) is 11.3 Å². The van der Waals surface area contributed by atoms with Gasteiger partial charge >= 0.3 is 0 Å². The molecule has 0 saturated carbocycles. The highest BCUT2D eigenvalue weighted by Gasteiger charge is 2.23. The molecule has 0 bridgehead atoms. The van der Waals surface area contributed by atoms with Gasteiger partial charge in [0, 0.05) is 25.8 Å². The summed E-state index contributed by atoms with van der Waals surface area (Å²) in [5, 5.41) is 1.75. The molecule has 6 nitrogen and oxygen atoms in total. The Morgan fingerprint density at radius 2 is 2.04 bits per heavy atom. The van der Waals surface area contributed by atoms with E-state index in [0.717, 1.165) is 24.5 Å². The van der Waals surface area contributed by atoms with Crippen molar-refractivity contribution in [2.24, 2.45) is 0 Å². The number of thiophene rings is 1. The second-order valence-electron chi connectivity index (χ2n) is 5.94. The molecule has 2 atom stereocenters. The van der Waals surface area contributed by atoms with Gasteiger partial charge in [0.25, 0.3) is 0 Å². The minimum atomic E-state index is -3.45. The number of nitrogens with zero attached hydrogens (tertiary/aromatic N) is 2. The zero-order valence-electron chi connectivity index (χ0n) is 13.7. The maximum Gasteiger partial charge on any atom is 0.250 e. The normalized spacial score (nSPS) is 21.8. The Bertz CT molecular complexity index is 750. The SMILES string of the molecule is C[C@@H]1CN(c2ccc(CNS(=O)(=O)c3cccs3)cn2)C[C@H](C)O1. The molecule has 1 aliphatic heterocycles. The van der Waals surface area contributed by atoms with E-state index in [2.05, 4.69) is 28.5 Å². The second kappa shape index (κ2) is 7.18. The highest BCUT2D eigenvalue weighted by molar-refractivity contribution is 7.91. The quantitative estimate of drug-likeness (QED) is 0.877. The molecule has 1 saturated heterocycles. The lowest BCUT2D eigenvalue weighted by Gasteiger charge is -2.36. The zero-order valence-corrected chi connectivity index (χ0v) is 15.3. The number of sulfonamides is 1. The summed E-state index contributed by atoms with van der Waals surface area (Å²) >= 11 is 1.20. The van der Waals surface area contributed by atoms with Crippen LogP contribution in [0.15, 0.2) is 40.1 Å². The van der Waals surface area contributed by atoms with E-state index in [9.17, 15) is 8.42 Å². The molecule has 3 rings (SSSR count). The fourth-order valence-electron chi connectivity index (χ4n) is 2.74. The third kappa shape index (κ3) is 4.13. The lowest BCUT2D eigenvalue weighted by atomic mass is 10.2. The third-order valence-electron chi connectivity index (χ3n) is 3.78. The topological polar surface area (TPSA) is 71.5 Å². The Kier molecular flexibility index (Phi) is 5.19. The smallest absolute Gasteiger partial charge is 0.250 e. The average molecular weight is 367 g/mol. The van der Waals surface area contributed by atoms with Gasteiger partial charge < -0.3 is 9.64 Å². The van der Waals surface area contributed by atoms with Crippen LogP contribution in [0.25, 0.3) is 0 Å². The molecular weight excluding hydrogens is 346 g/mol. The minimum absolute atomic E-state index is 0.174. The van der Waals surface area contributed by atoms with Gasteiger partial charge in [-0.3, -0.25) is 0 Å². The summed E-state index contributed by atoms with van der Waals surface area (Å²) in [5.74, 6) is 0.891. The molecule has 0 aliphatic carbocycles. The van der Waals surface area contributed by atoms with E-state index in [4.69, 9.17) is 4.74 Å². The number of aromatic nitrogens is 1. The predicted molar refractivity (Wildman–Crippen MR) is 94.8 cm³/mol. The van der Waals surface area contributed by atoms with Crippen molar-refractivity contribution < 1.29 is 13.2 Å². The van der Waals surface area contributed by atoms with Gasteiger partial charge in [-0.2, -0.15) is 0 Å². The lowest BCUT2D eigenvalue weighted by molar-refractivity contribution is -0.00546. The van der Waals surface area contributed by atoms with Crippen LogP contribution in [-0.4, -0.2) is 38.7 Å². The van der Waals surface area contributed by atoms with Gasteiger partial charge in [-0.05, 0) is 36.9 Å². The summed E-state index contributed by atoms with van der Waals surface area (Å²) in [6, 6.07) is 7.15. The van der Waals surface area contributed by atoms with Crippen molar-refractivity contribution in [1.82, 2.24) is 9.71 Å². The highest BCUT2D eigenvalue weighted by Crippen LogP contribution is 2.19. The standard InChI is InChI=1S/C16H21N3O3S2/c1-12-10-19(11-13(2)22-12)15-6-5-14(8-17-15)9-18-24(20,21)16-4-3-7-23-16/h3-8,12-13,18H,9-11H2,1-2H3/t12-,13+. The van der Waals surface area contributed by atoms with Crippen molar-refractivity contribution in [3.05, 3.63) is 41.4 Å². The largest absolute Gasteiger partial charge is 0.372 e. The van der Waals surface area contributed by atoms with E-state index in [0.29, 0.717) is 4.21 Å². The van der Waals surface area contributed by atoms with Crippen molar-refractivity contribution in [3.63, 3.8) is 0 Å². The fourth-order valence-corrected chi connectivity index (χ4v) is 4.79. The Morgan fingerprint density at radius 3 is 2.62 bits per heavy atom. The fraction of sp³-hybridized carbons (Fsp3) is 0.438. The van der Waals surface area contributed by atoms with E-state index in [-0.39, 0.29) is 18.8 Å². The maximum atomic E-state index is 12.1. The Balaban J connectivity index is 1.63. The van der Waals surface area contributed by atoms with Crippen LogP contribution in [-0.2, 0) is 21.3 Å². The number of anilines is 1. The molecule has 1 fully saturated rings. The molecule has 1 N–H and O–H groups in total. The van der Waals surface area contributed by atoms with Gasteiger partial charge in [-0.25, -0.2) is 18.1 Å². The molecule has 0 radical (unpaired) electrons. The van der Waals surface area contributed by atoms with Gasteiger partial charge in [-0.15, -0.1) is 11.3 Å². The molecule has 0 spiro atoms. The van der Waals surface area contributed by atoms with Gasteiger partial charge in [-0.1, -0.05) is 12.1 Å². The summed E-state index contributed by atoms with van der Waals surface area (Å²) < 4.78 is 32.9. The molecule has 0 amide bonds. The molecule has 0 unspecified atom stereocenters. The summed E-state index contributed by atoms with van der Waals surface area (Å²) in [7, 11) is -3.45. The average Bonchev–Trinajstić information content (AvgIpc) is 3.08. The molecule has 1 aliphatic rings. The van der Waals surface area contributed by atoms with Crippen LogP contribution in [0.4, 0.5) is 5.82 Å². The van der Waals surface area contributed by atoms with Crippen LogP contribution >= 0.6 is 11.3 Å². The van der Waals surface area contributed by atoms with Crippen molar-refractivity contribution >= 4 is 27.2 Å². The summed E-state index contributed by atoms with van der Waals surface area (Å²) in [4.78, 5) is 6.67. The monoisotopic (exact) mass is 367 g/mol. The van der Waals surface area contributed by atoms with Crippen LogP contribution in [0.2, 0.25) is 0 Å². The molecule has 2 aromatic heterocycles. The number of hydrogen-bond donors (Lipinski definition) is 1. The molecule has 0 aromatic carbocycles.